The Morgan fingerprint density at radius 1 is 1.41 bits per heavy atom. The fourth-order valence-electron chi connectivity index (χ4n) is 1.82. The molecule has 0 bridgehead atoms. The number of carbonyl (C=O) groups excluding carboxylic acids is 1. The third-order valence-electron chi connectivity index (χ3n) is 2.69. The highest BCUT2D eigenvalue weighted by molar-refractivity contribution is 7.10. The van der Waals surface area contributed by atoms with Crippen molar-refractivity contribution in [3.63, 3.8) is 0 Å². The normalized spacial score (nSPS) is 14.6. The van der Waals surface area contributed by atoms with Crippen molar-refractivity contribution in [1.82, 2.24) is 10.6 Å². The lowest BCUT2D eigenvalue weighted by Gasteiger charge is -2.23. The molecule has 0 radical (unpaired) electrons. The number of nitrogens with one attached hydrogen (secondary N) is 2. The van der Waals surface area contributed by atoms with Gasteiger partial charge in [0, 0.05) is 18.0 Å². The zero-order chi connectivity index (χ0) is 12.8. The minimum Gasteiger partial charge on any atom is -0.358 e. The largest absolute Gasteiger partial charge is 0.358 e. The van der Waals surface area contributed by atoms with E-state index in [0.29, 0.717) is 5.92 Å². The van der Waals surface area contributed by atoms with E-state index in [1.807, 2.05) is 6.07 Å². The van der Waals surface area contributed by atoms with Gasteiger partial charge in [-0.2, -0.15) is 0 Å². The summed E-state index contributed by atoms with van der Waals surface area (Å²) in [4.78, 5) is 13.0. The van der Waals surface area contributed by atoms with Crippen LogP contribution in [0.4, 0.5) is 0 Å². The molecule has 0 saturated carbocycles. The summed E-state index contributed by atoms with van der Waals surface area (Å²) in [6.45, 7) is 6.36. The van der Waals surface area contributed by atoms with Crippen molar-refractivity contribution >= 4 is 17.2 Å². The molecular formula is C13H22N2OS. The highest BCUT2D eigenvalue weighted by Crippen LogP contribution is 2.19. The van der Waals surface area contributed by atoms with Crippen LogP contribution in [0, 0.1) is 5.92 Å². The maximum atomic E-state index is 11.8. The number of likely N-dealkylation sites (N-methyl/N-ethyl adjacent to an activating group) is 1. The number of thiophene rings is 1. The lowest BCUT2D eigenvalue weighted by atomic mass is 10.0. The van der Waals surface area contributed by atoms with Gasteiger partial charge in [0.2, 0.25) is 5.91 Å². The highest BCUT2D eigenvalue weighted by Gasteiger charge is 2.21. The molecular weight excluding hydrogens is 232 g/mol. The van der Waals surface area contributed by atoms with Crippen molar-refractivity contribution in [2.24, 2.45) is 5.92 Å². The standard InChI is InChI=1S/C13H22N2OS/c1-9(2)8-11(13(16)14-4)15-10(3)12-6-5-7-17-12/h5-7,9-11,15H,8H2,1-4H3,(H,14,16). The third kappa shape index (κ3) is 4.48. The van der Waals surface area contributed by atoms with Crippen LogP contribution in [-0.2, 0) is 4.79 Å². The van der Waals surface area contributed by atoms with Gasteiger partial charge < -0.3 is 5.32 Å². The van der Waals surface area contributed by atoms with Crippen LogP contribution >= 0.6 is 11.3 Å². The number of amides is 1. The van der Waals surface area contributed by atoms with Gasteiger partial charge in [-0.25, -0.2) is 0 Å². The number of hydrogen-bond donors (Lipinski definition) is 2. The summed E-state index contributed by atoms with van der Waals surface area (Å²) in [6.07, 6.45) is 0.857. The van der Waals surface area contributed by atoms with Crippen LogP contribution in [0.2, 0.25) is 0 Å². The van der Waals surface area contributed by atoms with E-state index in [-0.39, 0.29) is 18.0 Å². The van der Waals surface area contributed by atoms with Crippen molar-refractivity contribution < 1.29 is 4.79 Å². The molecule has 1 amide bonds. The van der Waals surface area contributed by atoms with Crippen molar-refractivity contribution in [3.05, 3.63) is 22.4 Å². The smallest absolute Gasteiger partial charge is 0.236 e. The van der Waals surface area contributed by atoms with Crippen molar-refractivity contribution in [1.29, 1.82) is 0 Å². The number of carbonyl (C=O) groups is 1. The minimum atomic E-state index is -0.114. The molecule has 4 heteroatoms. The summed E-state index contributed by atoms with van der Waals surface area (Å²) in [5.74, 6) is 0.572. The number of rotatable bonds is 6. The van der Waals surface area contributed by atoms with Crippen LogP contribution in [0.3, 0.4) is 0 Å². The van der Waals surface area contributed by atoms with Gasteiger partial charge in [0.15, 0.2) is 0 Å². The summed E-state index contributed by atoms with van der Waals surface area (Å²) in [6, 6.07) is 4.24. The Balaban J connectivity index is 2.62. The van der Waals surface area contributed by atoms with E-state index in [4.69, 9.17) is 0 Å². The van der Waals surface area contributed by atoms with Gasteiger partial charge in [-0.15, -0.1) is 11.3 Å². The van der Waals surface area contributed by atoms with Crippen LogP contribution in [-0.4, -0.2) is 19.0 Å². The van der Waals surface area contributed by atoms with Crippen LogP contribution in [0.15, 0.2) is 17.5 Å². The van der Waals surface area contributed by atoms with E-state index in [2.05, 4.69) is 42.9 Å². The SMILES string of the molecule is CNC(=O)C(CC(C)C)NC(C)c1cccs1. The zero-order valence-corrected chi connectivity index (χ0v) is 11.8. The second-order valence-corrected chi connectivity index (χ2v) is 5.68. The maximum absolute atomic E-state index is 11.8. The van der Waals surface area contributed by atoms with E-state index in [1.54, 1.807) is 18.4 Å². The first-order chi connectivity index (χ1) is 8.04. The molecule has 17 heavy (non-hydrogen) atoms. The predicted octanol–water partition coefficient (Wildman–Crippen LogP) is 2.56. The molecule has 1 heterocycles. The molecule has 1 rings (SSSR count). The summed E-state index contributed by atoms with van der Waals surface area (Å²) in [7, 11) is 1.69. The van der Waals surface area contributed by atoms with Crippen LogP contribution in [0.5, 0.6) is 0 Å². The zero-order valence-electron chi connectivity index (χ0n) is 11.0. The molecule has 3 nitrogen and oxygen atoms in total. The van der Waals surface area contributed by atoms with E-state index in [9.17, 15) is 4.79 Å². The van der Waals surface area contributed by atoms with E-state index >= 15 is 0 Å². The van der Waals surface area contributed by atoms with Gasteiger partial charge in [-0.1, -0.05) is 19.9 Å². The maximum Gasteiger partial charge on any atom is 0.236 e. The molecule has 0 saturated heterocycles. The van der Waals surface area contributed by atoms with Gasteiger partial charge in [0.05, 0.1) is 6.04 Å². The first-order valence-electron chi connectivity index (χ1n) is 6.05. The molecule has 0 aliphatic carbocycles. The molecule has 0 aromatic carbocycles. The molecule has 0 spiro atoms. The van der Waals surface area contributed by atoms with E-state index in [0.717, 1.165) is 6.42 Å². The van der Waals surface area contributed by atoms with Crippen molar-refractivity contribution in [2.45, 2.75) is 39.3 Å². The Hall–Kier alpha value is -0.870. The molecule has 2 unspecified atom stereocenters. The highest BCUT2D eigenvalue weighted by atomic mass is 32.1. The molecule has 0 fully saturated rings. The van der Waals surface area contributed by atoms with Gasteiger partial charge >= 0.3 is 0 Å². The topological polar surface area (TPSA) is 41.1 Å². The lowest BCUT2D eigenvalue weighted by molar-refractivity contribution is -0.123. The van der Waals surface area contributed by atoms with Gasteiger partial charge in [0.1, 0.15) is 0 Å². The average Bonchev–Trinajstić information content (AvgIpc) is 2.79. The Morgan fingerprint density at radius 2 is 2.12 bits per heavy atom. The van der Waals surface area contributed by atoms with Gasteiger partial charge in [0.25, 0.3) is 0 Å². The molecule has 96 valence electrons. The fraction of sp³-hybridized carbons (Fsp3) is 0.615. The number of hydrogen-bond acceptors (Lipinski definition) is 3. The molecule has 0 aliphatic rings. The third-order valence-corrected chi connectivity index (χ3v) is 3.75. The summed E-state index contributed by atoms with van der Waals surface area (Å²) in [5, 5.41) is 8.18. The lowest BCUT2D eigenvalue weighted by Crippen LogP contribution is -2.44. The second-order valence-electron chi connectivity index (χ2n) is 4.70. The molecule has 1 aromatic rings. The van der Waals surface area contributed by atoms with Crippen LogP contribution in [0.25, 0.3) is 0 Å². The Bertz CT molecular complexity index is 335. The molecule has 1 aromatic heterocycles. The predicted molar refractivity (Wildman–Crippen MR) is 73.2 cm³/mol. The van der Waals surface area contributed by atoms with Crippen molar-refractivity contribution in [2.75, 3.05) is 7.05 Å². The van der Waals surface area contributed by atoms with Crippen LogP contribution in [0.1, 0.15) is 38.1 Å². The average molecular weight is 254 g/mol. The summed E-state index contributed by atoms with van der Waals surface area (Å²) >= 11 is 1.72. The molecule has 0 aliphatic heterocycles. The summed E-state index contributed by atoms with van der Waals surface area (Å²) in [5.41, 5.74) is 0. The molecule has 2 atom stereocenters. The Kier molecular flexibility index (Phi) is 5.65. The summed E-state index contributed by atoms with van der Waals surface area (Å²) < 4.78 is 0. The quantitative estimate of drug-likeness (QED) is 0.819. The first kappa shape index (κ1) is 14.2. The Labute approximate surface area is 108 Å². The monoisotopic (exact) mass is 254 g/mol. The molecule has 2 N–H and O–H groups in total. The minimum absolute atomic E-state index is 0.0714. The van der Waals surface area contributed by atoms with Crippen molar-refractivity contribution in [3.8, 4) is 0 Å². The van der Waals surface area contributed by atoms with Gasteiger partial charge in [-0.05, 0) is 30.7 Å². The first-order valence-corrected chi connectivity index (χ1v) is 6.93. The fourth-order valence-corrected chi connectivity index (χ4v) is 2.56. The van der Waals surface area contributed by atoms with E-state index < -0.39 is 0 Å². The second kappa shape index (κ2) is 6.77. The van der Waals surface area contributed by atoms with Gasteiger partial charge in [-0.3, -0.25) is 10.1 Å². The van der Waals surface area contributed by atoms with E-state index in [1.165, 1.54) is 4.88 Å². The Morgan fingerprint density at radius 3 is 2.59 bits per heavy atom. The van der Waals surface area contributed by atoms with Crippen LogP contribution < -0.4 is 10.6 Å².